The van der Waals surface area contributed by atoms with Gasteiger partial charge < -0.3 is 14.2 Å². The molecule has 0 radical (unpaired) electrons. The molecule has 0 aliphatic carbocycles. The van der Waals surface area contributed by atoms with E-state index in [9.17, 15) is 4.79 Å². The predicted octanol–water partition coefficient (Wildman–Crippen LogP) is 2.23. The number of ether oxygens (including phenoxy) is 1. The number of carbonyl (C=O) groups is 1. The van der Waals surface area contributed by atoms with Crippen LogP contribution >= 0.6 is 0 Å². The van der Waals surface area contributed by atoms with Gasteiger partial charge in [0.2, 0.25) is 5.91 Å². The van der Waals surface area contributed by atoms with Gasteiger partial charge in [-0.1, -0.05) is 30.3 Å². The van der Waals surface area contributed by atoms with Gasteiger partial charge in [0.15, 0.2) is 0 Å². The van der Waals surface area contributed by atoms with Crippen LogP contribution < -0.4 is 0 Å². The van der Waals surface area contributed by atoms with Crippen LogP contribution in [0.15, 0.2) is 42.7 Å². The molecule has 0 unspecified atom stereocenters. The van der Waals surface area contributed by atoms with Gasteiger partial charge in [-0.3, -0.25) is 9.69 Å². The molecule has 2 aromatic rings. The highest BCUT2D eigenvalue weighted by Crippen LogP contribution is 2.35. The first-order valence-corrected chi connectivity index (χ1v) is 9.86. The van der Waals surface area contributed by atoms with Crippen LogP contribution in [-0.4, -0.2) is 58.0 Å². The fraction of sp³-hybridized carbons (Fsp3) is 0.524. The third-order valence-corrected chi connectivity index (χ3v) is 5.74. The van der Waals surface area contributed by atoms with Gasteiger partial charge in [0, 0.05) is 52.2 Å². The Morgan fingerprint density at radius 1 is 1.19 bits per heavy atom. The van der Waals surface area contributed by atoms with E-state index in [4.69, 9.17) is 4.74 Å². The summed E-state index contributed by atoms with van der Waals surface area (Å²) in [6.45, 7) is 4.92. The zero-order valence-corrected chi connectivity index (χ0v) is 16.0. The summed E-state index contributed by atoms with van der Waals surface area (Å²) >= 11 is 0. The molecule has 4 rings (SSSR count). The van der Waals surface area contributed by atoms with E-state index in [2.05, 4.69) is 26.6 Å². The van der Waals surface area contributed by atoms with Crippen molar-refractivity contribution in [3.8, 4) is 0 Å². The highest BCUT2D eigenvalue weighted by atomic mass is 16.5. The van der Waals surface area contributed by atoms with Gasteiger partial charge in [-0.25, -0.2) is 4.98 Å². The van der Waals surface area contributed by atoms with Crippen molar-refractivity contribution in [2.24, 2.45) is 13.0 Å². The molecule has 0 spiro atoms. The van der Waals surface area contributed by atoms with Gasteiger partial charge in [0.25, 0.3) is 0 Å². The molecule has 1 amide bonds. The van der Waals surface area contributed by atoms with Crippen LogP contribution in [0.2, 0.25) is 0 Å². The summed E-state index contributed by atoms with van der Waals surface area (Å²) in [7, 11) is 2.02. The quantitative estimate of drug-likeness (QED) is 0.830. The van der Waals surface area contributed by atoms with E-state index < -0.39 is 0 Å². The maximum absolute atomic E-state index is 13.2. The molecule has 1 aromatic heterocycles. The summed E-state index contributed by atoms with van der Waals surface area (Å²) in [5, 5.41) is 0. The van der Waals surface area contributed by atoms with Crippen LogP contribution in [0.25, 0.3) is 0 Å². The van der Waals surface area contributed by atoms with Gasteiger partial charge >= 0.3 is 0 Å². The molecule has 27 heavy (non-hydrogen) atoms. The summed E-state index contributed by atoms with van der Waals surface area (Å²) in [6.07, 6.45) is 5.56. The van der Waals surface area contributed by atoms with Gasteiger partial charge in [0.05, 0.1) is 18.6 Å². The molecule has 2 aliphatic heterocycles. The average Bonchev–Trinajstić information content (AvgIpc) is 3.13. The second-order valence-corrected chi connectivity index (χ2v) is 7.51. The van der Waals surface area contributed by atoms with Crippen molar-refractivity contribution in [1.82, 2.24) is 19.4 Å². The minimum Gasteiger partial charge on any atom is -0.373 e. The van der Waals surface area contributed by atoms with Gasteiger partial charge in [-0.15, -0.1) is 0 Å². The SMILES string of the molecule is Cn1ccnc1CN1CCN(C(=O)[C@@H]2CCCO[C@H]2c2ccccc2)CC1. The Labute approximate surface area is 160 Å². The molecule has 2 aliphatic rings. The molecule has 0 saturated carbocycles. The molecule has 0 N–H and O–H groups in total. The minimum atomic E-state index is -0.113. The van der Waals surface area contributed by atoms with Gasteiger partial charge in [-0.05, 0) is 18.4 Å². The number of amides is 1. The third kappa shape index (κ3) is 4.06. The largest absolute Gasteiger partial charge is 0.373 e. The molecule has 1 aromatic carbocycles. The number of piperazine rings is 1. The molecule has 2 atom stereocenters. The molecule has 6 heteroatoms. The molecular formula is C21H28N4O2. The Morgan fingerprint density at radius 2 is 1.96 bits per heavy atom. The summed E-state index contributed by atoms with van der Waals surface area (Å²) in [5.74, 6) is 1.25. The van der Waals surface area contributed by atoms with Crippen molar-refractivity contribution in [1.29, 1.82) is 0 Å². The van der Waals surface area contributed by atoms with Crippen LogP contribution in [0.1, 0.15) is 30.3 Å². The van der Waals surface area contributed by atoms with Crippen LogP contribution in [0.3, 0.4) is 0 Å². The summed E-state index contributed by atoms with van der Waals surface area (Å²) in [4.78, 5) is 22.0. The van der Waals surface area contributed by atoms with Crippen molar-refractivity contribution in [3.63, 3.8) is 0 Å². The minimum absolute atomic E-state index is 0.0674. The number of aryl methyl sites for hydroxylation is 1. The fourth-order valence-corrected chi connectivity index (χ4v) is 4.12. The highest BCUT2D eigenvalue weighted by molar-refractivity contribution is 5.80. The first kappa shape index (κ1) is 18.2. The van der Waals surface area contributed by atoms with Gasteiger partial charge in [0.1, 0.15) is 5.82 Å². The lowest BCUT2D eigenvalue weighted by Gasteiger charge is -2.39. The van der Waals surface area contributed by atoms with Crippen molar-refractivity contribution < 1.29 is 9.53 Å². The molecule has 3 heterocycles. The summed E-state index contributed by atoms with van der Waals surface area (Å²) in [6, 6.07) is 10.2. The van der Waals surface area contributed by atoms with Crippen LogP contribution in [-0.2, 0) is 23.1 Å². The topological polar surface area (TPSA) is 50.6 Å². The summed E-state index contributed by atoms with van der Waals surface area (Å²) < 4.78 is 8.08. The van der Waals surface area contributed by atoms with E-state index in [1.54, 1.807) is 0 Å². The van der Waals surface area contributed by atoms with Gasteiger partial charge in [-0.2, -0.15) is 0 Å². The number of imidazole rings is 1. The average molecular weight is 368 g/mol. The van der Waals surface area contributed by atoms with E-state index >= 15 is 0 Å². The number of rotatable bonds is 4. The number of hydrogen-bond donors (Lipinski definition) is 0. The summed E-state index contributed by atoms with van der Waals surface area (Å²) in [5.41, 5.74) is 1.11. The van der Waals surface area contributed by atoms with E-state index in [1.807, 2.05) is 42.5 Å². The molecule has 0 bridgehead atoms. The standard InChI is InChI=1S/C21H28N4O2/c1-23-10-9-22-19(23)16-24-11-13-25(14-12-24)21(26)18-8-5-15-27-20(18)17-6-3-2-4-7-17/h2-4,6-7,9-10,18,20H,5,8,11-16H2,1H3/t18-,20+/m1/s1. The monoisotopic (exact) mass is 368 g/mol. The Bertz CT molecular complexity index is 753. The van der Waals surface area contributed by atoms with Crippen molar-refractivity contribution in [2.45, 2.75) is 25.5 Å². The Hall–Kier alpha value is -2.18. The first-order chi connectivity index (χ1) is 13.2. The Kier molecular flexibility index (Phi) is 5.55. The van der Waals surface area contributed by atoms with Crippen molar-refractivity contribution >= 4 is 5.91 Å². The van der Waals surface area contributed by atoms with Crippen molar-refractivity contribution in [3.05, 3.63) is 54.1 Å². The maximum Gasteiger partial charge on any atom is 0.228 e. The molecule has 144 valence electrons. The second-order valence-electron chi connectivity index (χ2n) is 7.51. The lowest BCUT2D eigenvalue weighted by molar-refractivity contribution is -0.147. The third-order valence-electron chi connectivity index (χ3n) is 5.74. The predicted molar refractivity (Wildman–Crippen MR) is 103 cm³/mol. The van der Waals surface area contributed by atoms with Crippen molar-refractivity contribution in [2.75, 3.05) is 32.8 Å². The maximum atomic E-state index is 13.2. The van der Waals surface area contributed by atoms with Crippen LogP contribution in [0, 0.1) is 5.92 Å². The van der Waals surface area contributed by atoms with E-state index in [1.165, 1.54) is 0 Å². The highest BCUT2D eigenvalue weighted by Gasteiger charge is 2.36. The van der Waals surface area contributed by atoms with E-state index in [-0.39, 0.29) is 17.9 Å². The zero-order valence-electron chi connectivity index (χ0n) is 16.0. The number of benzene rings is 1. The molecule has 2 fully saturated rings. The first-order valence-electron chi connectivity index (χ1n) is 9.86. The normalized spacial score (nSPS) is 24.1. The molecule has 2 saturated heterocycles. The number of hydrogen-bond acceptors (Lipinski definition) is 4. The Balaban J connectivity index is 1.37. The van der Waals surface area contributed by atoms with E-state index in [0.717, 1.165) is 63.6 Å². The van der Waals surface area contributed by atoms with Crippen LogP contribution in [0.5, 0.6) is 0 Å². The number of nitrogens with zero attached hydrogens (tertiary/aromatic N) is 4. The lowest BCUT2D eigenvalue weighted by Crippen LogP contribution is -2.51. The second kappa shape index (κ2) is 8.23. The van der Waals surface area contributed by atoms with E-state index in [0.29, 0.717) is 0 Å². The fourth-order valence-electron chi connectivity index (χ4n) is 4.12. The number of aromatic nitrogens is 2. The van der Waals surface area contributed by atoms with Crippen LogP contribution in [0.4, 0.5) is 0 Å². The number of carbonyl (C=O) groups excluding carboxylic acids is 1. The lowest BCUT2D eigenvalue weighted by atomic mass is 9.88. The Morgan fingerprint density at radius 3 is 2.67 bits per heavy atom. The molecule has 6 nitrogen and oxygen atoms in total. The zero-order chi connectivity index (χ0) is 18.6. The molecular weight excluding hydrogens is 340 g/mol. The smallest absolute Gasteiger partial charge is 0.228 e.